The number of para-hydroxylation sites is 2. The summed E-state index contributed by atoms with van der Waals surface area (Å²) >= 11 is 0. The van der Waals surface area contributed by atoms with Crippen LogP contribution in [0.2, 0.25) is 0 Å². The molecule has 0 unspecified atom stereocenters. The van der Waals surface area contributed by atoms with Crippen molar-refractivity contribution in [3.63, 3.8) is 0 Å². The number of aromatic nitrogens is 4. The minimum atomic E-state index is -4.94. The number of rotatable bonds is 7. The molecule has 4 heterocycles. The van der Waals surface area contributed by atoms with Gasteiger partial charge in [0.25, 0.3) is 0 Å². The highest BCUT2D eigenvalue weighted by atomic mass is 19.4. The summed E-state index contributed by atoms with van der Waals surface area (Å²) in [5.41, 5.74) is 6.12. The summed E-state index contributed by atoms with van der Waals surface area (Å²) < 4.78 is 96.0. The number of hydrogen-bond acceptors (Lipinski definition) is 2. The maximum absolute atomic E-state index is 16.3. The van der Waals surface area contributed by atoms with Gasteiger partial charge in [-0.05, 0) is 78.4 Å². The maximum atomic E-state index is 16.3. The minimum absolute atomic E-state index is 0.0492. The van der Waals surface area contributed by atoms with Crippen molar-refractivity contribution >= 4 is 43.6 Å². The number of hydrogen-bond donors (Lipinski definition) is 0. The highest BCUT2D eigenvalue weighted by molar-refractivity contribution is 6.12. The second kappa shape index (κ2) is 16.5. The topological polar surface area (TPSA) is 35.6 Å². The molecule has 0 atom stereocenters. The Labute approximate surface area is 397 Å². The van der Waals surface area contributed by atoms with E-state index in [9.17, 15) is 13.2 Å². The Morgan fingerprint density at radius 2 is 0.729 bits per heavy atom. The van der Waals surface area contributed by atoms with Crippen LogP contribution < -0.4 is 0 Å². The van der Waals surface area contributed by atoms with E-state index in [4.69, 9.17) is 9.97 Å². The summed E-state index contributed by atoms with van der Waals surface area (Å²) in [4.78, 5) is 9.94. The van der Waals surface area contributed by atoms with Gasteiger partial charge < -0.3 is 9.13 Å². The zero-order valence-electron chi connectivity index (χ0n) is 36.8. The molecule has 4 aromatic heterocycles. The fourth-order valence-electron chi connectivity index (χ4n) is 9.78. The first-order chi connectivity index (χ1) is 34.0. The summed E-state index contributed by atoms with van der Waals surface area (Å²) in [5.74, 6) is 0. The molecule has 8 aromatic carbocycles. The lowest BCUT2D eigenvalue weighted by Gasteiger charge is -2.22. The van der Waals surface area contributed by atoms with Gasteiger partial charge in [0, 0.05) is 49.4 Å². The zero-order chi connectivity index (χ0) is 47.7. The van der Waals surface area contributed by atoms with Crippen LogP contribution in [-0.2, 0) is 12.4 Å². The monoisotopic (exact) mass is 926 g/mol. The lowest BCUT2D eigenvalue weighted by Crippen LogP contribution is -2.13. The van der Waals surface area contributed by atoms with Gasteiger partial charge in [-0.2, -0.15) is 26.3 Å². The first-order valence-electron chi connectivity index (χ1n) is 22.5. The molecule has 0 aliphatic rings. The van der Waals surface area contributed by atoms with Crippen LogP contribution in [0.3, 0.4) is 0 Å². The summed E-state index contributed by atoms with van der Waals surface area (Å²) in [5, 5.41) is 2.89. The van der Waals surface area contributed by atoms with Gasteiger partial charge in [0.1, 0.15) is 0 Å². The van der Waals surface area contributed by atoms with Crippen molar-refractivity contribution in [3.8, 4) is 67.5 Å². The van der Waals surface area contributed by atoms with E-state index in [2.05, 4.69) is 0 Å². The molecule has 0 bridgehead atoms. The maximum Gasteiger partial charge on any atom is 0.418 e. The van der Waals surface area contributed by atoms with Gasteiger partial charge >= 0.3 is 12.4 Å². The number of alkyl halides is 6. The van der Waals surface area contributed by atoms with Gasteiger partial charge in [0.05, 0.1) is 67.3 Å². The Morgan fingerprint density at radius 3 is 1.23 bits per heavy atom. The predicted molar refractivity (Wildman–Crippen MR) is 268 cm³/mol. The van der Waals surface area contributed by atoms with Gasteiger partial charge in [0.2, 0.25) is 0 Å². The van der Waals surface area contributed by atoms with E-state index >= 15 is 13.2 Å². The molecule has 10 heteroatoms. The molecule has 0 fully saturated rings. The molecule has 338 valence electrons. The Balaban J connectivity index is 1.15. The van der Waals surface area contributed by atoms with Crippen LogP contribution in [0.25, 0.3) is 111 Å². The molecule has 0 amide bonds. The summed E-state index contributed by atoms with van der Waals surface area (Å²) in [6.45, 7) is 0. The first-order valence-corrected chi connectivity index (χ1v) is 22.5. The van der Waals surface area contributed by atoms with Crippen molar-refractivity contribution < 1.29 is 26.3 Å². The van der Waals surface area contributed by atoms with E-state index in [1.165, 1.54) is 18.2 Å². The number of pyridine rings is 2. The van der Waals surface area contributed by atoms with Gasteiger partial charge in [-0.25, -0.2) is 9.97 Å². The Bertz CT molecular complexity index is 3980. The molecule has 4 nitrogen and oxygen atoms in total. The minimum Gasteiger partial charge on any atom is -0.309 e. The standard InChI is InChI=1S/C60H36F6N4/c61-59(62,63)42-19-11-18-39(32-42)47-35-58(70-54-27-10-8-21-44(54)46-31-29-41(34-56(46)70)52-25-13-23-50(68-52)38-16-5-2-6-17-38)48(60(64,65)66)36-57(47)69-53-26-9-7-20-43(53)45-30-28-40(33-55(45)69)51-24-12-22-49(67-51)37-14-3-1-4-15-37/h1-36H. The van der Waals surface area contributed by atoms with Crippen molar-refractivity contribution in [1.82, 2.24) is 19.1 Å². The molecular weight excluding hydrogens is 891 g/mol. The van der Waals surface area contributed by atoms with E-state index in [-0.39, 0.29) is 22.5 Å². The third-order valence-corrected chi connectivity index (χ3v) is 13.0. The van der Waals surface area contributed by atoms with E-state index < -0.39 is 23.5 Å². The SMILES string of the molecule is FC(F)(F)c1cccc(-c2cc(-n3c4ccccc4c4ccc(-c5cccc(-c6ccccc6)n5)cc43)c(C(F)(F)F)cc2-n2c3ccccc3c3ccc(-c4cccc(-c5ccccc5)n4)cc32)c1. The van der Waals surface area contributed by atoms with Crippen molar-refractivity contribution in [2.45, 2.75) is 12.4 Å². The fraction of sp³-hybridized carbons (Fsp3) is 0.0333. The Morgan fingerprint density at radius 1 is 0.300 bits per heavy atom. The number of fused-ring (bicyclic) bond motifs is 6. The van der Waals surface area contributed by atoms with Crippen molar-refractivity contribution in [2.24, 2.45) is 0 Å². The highest BCUT2D eigenvalue weighted by Crippen LogP contribution is 2.46. The summed E-state index contributed by atoms with van der Waals surface area (Å²) in [6.07, 6.45) is -9.67. The average Bonchev–Trinajstić information content (AvgIpc) is 3.90. The first kappa shape index (κ1) is 42.6. The molecule has 0 spiro atoms. The number of nitrogens with zero attached hydrogens (tertiary/aromatic N) is 4. The van der Waals surface area contributed by atoms with Crippen LogP contribution >= 0.6 is 0 Å². The van der Waals surface area contributed by atoms with Gasteiger partial charge in [-0.15, -0.1) is 0 Å². The smallest absolute Gasteiger partial charge is 0.309 e. The number of benzene rings is 8. The molecule has 0 aliphatic heterocycles. The fourth-order valence-corrected chi connectivity index (χ4v) is 9.78. The lowest BCUT2D eigenvalue weighted by molar-refractivity contribution is -0.138. The molecular formula is C60H36F6N4. The van der Waals surface area contributed by atoms with Crippen LogP contribution in [0.4, 0.5) is 26.3 Å². The summed E-state index contributed by atoms with van der Waals surface area (Å²) in [6, 6.07) is 63.9. The van der Waals surface area contributed by atoms with Crippen LogP contribution in [0, 0.1) is 0 Å². The van der Waals surface area contributed by atoms with E-state index in [0.717, 1.165) is 51.5 Å². The molecule has 70 heavy (non-hydrogen) atoms. The predicted octanol–water partition coefficient (Wildman–Crippen LogP) is 17.0. The highest BCUT2D eigenvalue weighted by Gasteiger charge is 2.37. The van der Waals surface area contributed by atoms with Crippen molar-refractivity contribution in [1.29, 1.82) is 0 Å². The van der Waals surface area contributed by atoms with E-state index in [0.29, 0.717) is 55.4 Å². The van der Waals surface area contributed by atoms with Gasteiger partial charge in [-0.1, -0.05) is 146 Å². The summed E-state index contributed by atoms with van der Waals surface area (Å²) in [7, 11) is 0. The quantitative estimate of drug-likeness (QED) is 0.149. The third-order valence-electron chi connectivity index (χ3n) is 13.0. The lowest BCUT2D eigenvalue weighted by atomic mass is 9.97. The van der Waals surface area contributed by atoms with Crippen molar-refractivity contribution in [2.75, 3.05) is 0 Å². The molecule has 12 aromatic rings. The second-order valence-electron chi connectivity index (χ2n) is 17.2. The Hall–Kier alpha value is -8.76. The largest absolute Gasteiger partial charge is 0.418 e. The second-order valence-corrected chi connectivity index (χ2v) is 17.2. The van der Waals surface area contributed by atoms with E-state index in [1.54, 1.807) is 27.3 Å². The molecule has 0 saturated heterocycles. The van der Waals surface area contributed by atoms with Crippen LogP contribution in [0.15, 0.2) is 218 Å². The zero-order valence-corrected chi connectivity index (χ0v) is 36.8. The normalized spacial score (nSPS) is 12.1. The molecule has 12 rings (SSSR count). The number of halogens is 6. The van der Waals surface area contributed by atoms with Gasteiger partial charge in [-0.3, -0.25) is 0 Å². The van der Waals surface area contributed by atoms with Crippen LogP contribution in [0.1, 0.15) is 11.1 Å². The molecule has 0 radical (unpaired) electrons. The van der Waals surface area contributed by atoms with Crippen LogP contribution in [-0.4, -0.2) is 19.1 Å². The van der Waals surface area contributed by atoms with E-state index in [1.807, 2.05) is 164 Å². The third kappa shape index (κ3) is 7.36. The molecule has 0 N–H and O–H groups in total. The molecule has 0 aliphatic carbocycles. The van der Waals surface area contributed by atoms with Gasteiger partial charge in [0.15, 0.2) is 0 Å². The Kier molecular flexibility index (Phi) is 10.0. The average molecular weight is 927 g/mol. The van der Waals surface area contributed by atoms with Crippen LogP contribution in [0.5, 0.6) is 0 Å². The van der Waals surface area contributed by atoms with Crippen molar-refractivity contribution in [3.05, 3.63) is 230 Å². The molecule has 0 saturated carbocycles.